The third kappa shape index (κ3) is 2.10. The fourth-order valence-corrected chi connectivity index (χ4v) is 2.56. The van der Waals surface area contributed by atoms with Crippen LogP contribution in [0.5, 0.6) is 0 Å². The number of nitrogens with one attached hydrogen (secondary N) is 1. The second-order valence-electron chi connectivity index (χ2n) is 4.95. The summed E-state index contributed by atoms with van der Waals surface area (Å²) in [5, 5.41) is 16.6. The van der Waals surface area contributed by atoms with E-state index in [1.165, 1.54) is 12.8 Å². The molecule has 1 aliphatic rings. The third-order valence-electron chi connectivity index (χ3n) is 3.51. The molecule has 96 valence electrons. The Kier molecular flexibility index (Phi) is 3.23. The van der Waals surface area contributed by atoms with Crippen molar-refractivity contribution in [3.8, 4) is 0 Å². The second kappa shape index (κ2) is 5.02. The van der Waals surface area contributed by atoms with E-state index in [4.69, 9.17) is 0 Å². The number of hydrogen-bond donors (Lipinski definition) is 1. The third-order valence-corrected chi connectivity index (χ3v) is 3.51. The summed E-state index contributed by atoms with van der Waals surface area (Å²) < 4.78 is 1.93. The monoisotopic (exact) mass is 245 g/mol. The zero-order valence-corrected chi connectivity index (χ0v) is 10.8. The summed E-state index contributed by atoms with van der Waals surface area (Å²) in [6.45, 7) is 4.27. The Labute approximate surface area is 107 Å². The number of hydrogen-bond acceptors (Lipinski definition) is 4. The van der Waals surface area contributed by atoms with E-state index >= 15 is 0 Å². The molecule has 3 heterocycles. The van der Waals surface area contributed by atoms with Crippen molar-refractivity contribution in [1.82, 2.24) is 25.1 Å². The van der Waals surface area contributed by atoms with E-state index in [2.05, 4.69) is 33.6 Å². The van der Waals surface area contributed by atoms with Gasteiger partial charge in [-0.25, -0.2) is 0 Å². The van der Waals surface area contributed by atoms with Crippen LogP contribution in [0.4, 0.5) is 0 Å². The van der Waals surface area contributed by atoms with Crippen molar-refractivity contribution in [2.75, 3.05) is 13.1 Å². The first-order valence-corrected chi connectivity index (χ1v) is 6.80. The molecule has 0 spiro atoms. The van der Waals surface area contributed by atoms with Crippen LogP contribution in [0.3, 0.4) is 0 Å². The quantitative estimate of drug-likeness (QED) is 0.891. The average Bonchev–Trinajstić information content (AvgIpc) is 2.83. The molecule has 1 saturated heterocycles. The van der Waals surface area contributed by atoms with Crippen molar-refractivity contribution >= 4 is 5.65 Å². The molecular weight excluding hydrogens is 226 g/mol. The molecule has 0 radical (unpaired) electrons. The van der Waals surface area contributed by atoms with Gasteiger partial charge < -0.3 is 5.32 Å². The van der Waals surface area contributed by atoms with Crippen molar-refractivity contribution < 1.29 is 0 Å². The Morgan fingerprint density at radius 2 is 2.33 bits per heavy atom. The molecule has 0 aliphatic carbocycles. The van der Waals surface area contributed by atoms with Gasteiger partial charge in [0.25, 0.3) is 0 Å². The van der Waals surface area contributed by atoms with Crippen LogP contribution in [-0.2, 0) is 6.42 Å². The fourth-order valence-electron chi connectivity index (χ4n) is 2.56. The predicted molar refractivity (Wildman–Crippen MR) is 69.6 cm³/mol. The van der Waals surface area contributed by atoms with Crippen LogP contribution in [0.15, 0.2) is 12.1 Å². The van der Waals surface area contributed by atoms with Crippen LogP contribution in [0, 0.1) is 0 Å². The molecule has 1 aliphatic heterocycles. The maximum absolute atomic E-state index is 4.66. The van der Waals surface area contributed by atoms with Gasteiger partial charge in [-0.1, -0.05) is 13.3 Å². The lowest BCUT2D eigenvalue weighted by atomic mass is 9.99. The van der Waals surface area contributed by atoms with Gasteiger partial charge >= 0.3 is 0 Å². The molecule has 0 aromatic carbocycles. The summed E-state index contributed by atoms with van der Waals surface area (Å²) in [5.41, 5.74) is 1.98. The normalized spacial score (nSPS) is 20.4. The van der Waals surface area contributed by atoms with Crippen LogP contribution in [0.2, 0.25) is 0 Å². The van der Waals surface area contributed by atoms with E-state index in [1.54, 1.807) is 0 Å². The largest absolute Gasteiger partial charge is 0.316 e. The summed E-state index contributed by atoms with van der Waals surface area (Å²) in [5.74, 6) is 1.45. The molecular formula is C13H19N5. The topological polar surface area (TPSA) is 55.1 Å². The van der Waals surface area contributed by atoms with Crippen molar-refractivity contribution in [3.63, 3.8) is 0 Å². The van der Waals surface area contributed by atoms with E-state index in [9.17, 15) is 0 Å². The van der Waals surface area contributed by atoms with Gasteiger partial charge in [-0.3, -0.25) is 0 Å². The second-order valence-corrected chi connectivity index (χ2v) is 4.95. The molecule has 18 heavy (non-hydrogen) atoms. The van der Waals surface area contributed by atoms with Gasteiger partial charge in [0.15, 0.2) is 11.5 Å². The van der Waals surface area contributed by atoms with Gasteiger partial charge in [0, 0.05) is 12.5 Å². The molecule has 1 atom stereocenters. The molecule has 5 nitrogen and oxygen atoms in total. The SMILES string of the molecule is CCCc1ccc2nnc(C3CCCNC3)n2n1. The molecule has 2 aromatic rings. The van der Waals surface area contributed by atoms with Crippen molar-refractivity contribution in [1.29, 1.82) is 0 Å². The van der Waals surface area contributed by atoms with E-state index in [-0.39, 0.29) is 0 Å². The van der Waals surface area contributed by atoms with Crippen LogP contribution in [0.1, 0.15) is 43.6 Å². The van der Waals surface area contributed by atoms with Gasteiger partial charge in [0.1, 0.15) is 0 Å². The van der Waals surface area contributed by atoms with E-state index in [0.717, 1.165) is 43.1 Å². The standard InChI is InChI=1S/C13H19N5/c1-2-4-11-6-7-12-15-16-13(18(12)17-11)10-5-3-8-14-9-10/h6-7,10,14H,2-5,8-9H2,1H3. The molecule has 1 unspecified atom stereocenters. The maximum atomic E-state index is 4.66. The highest BCUT2D eigenvalue weighted by Gasteiger charge is 2.21. The average molecular weight is 245 g/mol. The van der Waals surface area contributed by atoms with E-state index < -0.39 is 0 Å². The number of rotatable bonds is 3. The van der Waals surface area contributed by atoms with Gasteiger partial charge in [-0.05, 0) is 37.9 Å². The van der Waals surface area contributed by atoms with Crippen LogP contribution in [-0.4, -0.2) is 32.9 Å². The summed E-state index contributed by atoms with van der Waals surface area (Å²) in [4.78, 5) is 0. The highest BCUT2D eigenvalue weighted by atomic mass is 15.4. The Bertz CT molecular complexity index is 527. The molecule has 3 rings (SSSR count). The number of piperidine rings is 1. The lowest BCUT2D eigenvalue weighted by Crippen LogP contribution is -2.29. The summed E-state index contributed by atoms with van der Waals surface area (Å²) in [6.07, 6.45) is 4.50. The molecule has 5 heteroatoms. The summed E-state index contributed by atoms with van der Waals surface area (Å²) in [6, 6.07) is 4.07. The van der Waals surface area contributed by atoms with Gasteiger partial charge in [0.05, 0.1) is 5.69 Å². The first-order valence-electron chi connectivity index (χ1n) is 6.80. The van der Waals surface area contributed by atoms with Crippen LogP contribution < -0.4 is 5.32 Å². The Balaban J connectivity index is 1.97. The van der Waals surface area contributed by atoms with Gasteiger partial charge in [-0.2, -0.15) is 9.61 Å². The highest BCUT2D eigenvalue weighted by Crippen LogP contribution is 2.21. The Hall–Kier alpha value is -1.49. The first kappa shape index (κ1) is 11.6. The van der Waals surface area contributed by atoms with Gasteiger partial charge in [0.2, 0.25) is 0 Å². The zero-order valence-electron chi connectivity index (χ0n) is 10.8. The molecule has 0 amide bonds. The number of fused-ring (bicyclic) bond motifs is 1. The Morgan fingerprint density at radius 3 is 3.11 bits per heavy atom. The smallest absolute Gasteiger partial charge is 0.177 e. The van der Waals surface area contributed by atoms with Crippen LogP contribution >= 0.6 is 0 Å². The van der Waals surface area contributed by atoms with E-state index in [1.807, 2.05) is 10.6 Å². The minimum Gasteiger partial charge on any atom is -0.316 e. The molecule has 1 fully saturated rings. The number of aryl methyl sites for hydroxylation is 1. The number of aromatic nitrogens is 4. The lowest BCUT2D eigenvalue weighted by Gasteiger charge is -2.20. The molecule has 0 saturated carbocycles. The van der Waals surface area contributed by atoms with Gasteiger partial charge in [-0.15, -0.1) is 10.2 Å². The predicted octanol–water partition coefficient (Wildman–Crippen LogP) is 1.54. The van der Waals surface area contributed by atoms with Crippen molar-refractivity contribution in [2.24, 2.45) is 0 Å². The van der Waals surface area contributed by atoms with Crippen LogP contribution in [0.25, 0.3) is 5.65 Å². The van der Waals surface area contributed by atoms with Crippen molar-refractivity contribution in [3.05, 3.63) is 23.7 Å². The maximum Gasteiger partial charge on any atom is 0.177 e. The zero-order chi connectivity index (χ0) is 12.4. The molecule has 1 N–H and O–H groups in total. The molecule has 0 bridgehead atoms. The summed E-state index contributed by atoms with van der Waals surface area (Å²) >= 11 is 0. The summed E-state index contributed by atoms with van der Waals surface area (Å²) in [7, 11) is 0. The molecule has 2 aromatic heterocycles. The van der Waals surface area contributed by atoms with Crippen molar-refractivity contribution in [2.45, 2.75) is 38.5 Å². The fraction of sp³-hybridized carbons (Fsp3) is 0.615. The highest BCUT2D eigenvalue weighted by molar-refractivity contribution is 5.36. The minimum atomic E-state index is 0.443. The number of nitrogens with zero attached hydrogens (tertiary/aromatic N) is 4. The Morgan fingerprint density at radius 1 is 1.39 bits per heavy atom. The minimum absolute atomic E-state index is 0.443. The lowest BCUT2D eigenvalue weighted by molar-refractivity contribution is 0.440. The first-order chi connectivity index (χ1) is 8.88. The van der Waals surface area contributed by atoms with E-state index in [0.29, 0.717) is 5.92 Å².